The van der Waals surface area contributed by atoms with Gasteiger partial charge in [-0.15, -0.1) is 0 Å². The van der Waals surface area contributed by atoms with Crippen molar-refractivity contribution in [2.45, 2.75) is 33.7 Å². The molecule has 2 aromatic heterocycles. The van der Waals surface area contributed by atoms with Gasteiger partial charge in [0.1, 0.15) is 0 Å². The summed E-state index contributed by atoms with van der Waals surface area (Å²) in [6.07, 6.45) is 2.97. The lowest BCUT2D eigenvalue weighted by Crippen LogP contribution is -2.06. The van der Waals surface area contributed by atoms with Gasteiger partial charge in [0, 0.05) is 30.2 Å². The molecule has 0 saturated heterocycles. The molecule has 0 aliphatic carbocycles. The molecule has 0 amide bonds. The Morgan fingerprint density at radius 3 is 2.65 bits per heavy atom. The molecule has 92 valence electrons. The molecule has 0 fully saturated rings. The average molecular weight is 250 g/mol. The predicted octanol–water partition coefficient (Wildman–Crippen LogP) is 2.51. The van der Waals surface area contributed by atoms with Gasteiger partial charge in [0.25, 0.3) is 0 Å². The SMILES string of the molecule is CCc1c[nH]c(=S)n1Cc1c(C)nn(C)c1C. The lowest BCUT2D eigenvalue weighted by Gasteiger charge is -2.07. The minimum atomic E-state index is 0.782. The molecule has 4 nitrogen and oxygen atoms in total. The van der Waals surface area contributed by atoms with E-state index < -0.39 is 0 Å². The van der Waals surface area contributed by atoms with Crippen LogP contribution in [0.2, 0.25) is 0 Å². The zero-order valence-electron chi connectivity index (χ0n) is 10.7. The second-order valence-electron chi connectivity index (χ2n) is 4.30. The minimum absolute atomic E-state index is 0.782. The lowest BCUT2D eigenvalue weighted by molar-refractivity contribution is 0.715. The van der Waals surface area contributed by atoms with Crippen LogP contribution >= 0.6 is 12.2 Å². The van der Waals surface area contributed by atoms with Gasteiger partial charge < -0.3 is 9.55 Å². The van der Waals surface area contributed by atoms with Crippen LogP contribution in [0.25, 0.3) is 0 Å². The number of aromatic nitrogens is 4. The molecule has 1 N–H and O–H groups in total. The lowest BCUT2D eigenvalue weighted by atomic mass is 10.2. The molecule has 2 rings (SSSR count). The third-order valence-corrected chi connectivity index (χ3v) is 3.63. The first-order chi connectivity index (χ1) is 8.04. The summed E-state index contributed by atoms with van der Waals surface area (Å²) in [5.74, 6) is 0. The van der Waals surface area contributed by atoms with Crippen molar-refractivity contribution in [1.29, 1.82) is 0 Å². The van der Waals surface area contributed by atoms with E-state index in [1.54, 1.807) is 0 Å². The predicted molar refractivity (Wildman–Crippen MR) is 70.8 cm³/mol. The van der Waals surface area contributed by atoms with Gasteiger partial charge >= 0.3 is 0 Å². The Bertz CT molecular complexity index is 588. The van der Waals surface area contributed by atoms with Crippen molar-refractivity contribution >= 4 is 12.2 Å². The van der Waals surface area contributed by atoms with Gasteiger partial charge in [-0.1, -0.05) is 6.92 Å². The minimum Gasteiger partial charge on any atom is -0.337 e. The number of nitrogens with zero attached hydrogens (tertiary/aromatic N) is 3. The summed E-state index contributed by atoms with van der Waals surface area (Å²) in [6, 6.07) is 0. The number of nitrogens with one attached hydrogen (secondary N) is 1. The van der Waals surface area contributed by atoms with Gasteiger partial charge in [0.2, 0.25) is 0 Å². The van der Waals surface area contributed by atoms with Crippen molar-refractivity contribution in [3.8, 4) is 0 Å². The highest BCUT2D eigenvalue weighted by molar-refractivity contribution is 7.71. The highest BCUT2D eigenvalue weighted by Crippen LogP contribution is 2.15. The molecule has 0 aliphatic rings. The first-order valence-corrected chi connectivity index (χ1v) is 6.21. The first kappa shape index (κ1) is 12.1. The fourth-order valence-corrected chi connectivity index (χ4v) is 2.34. The topological polar surface area (TPSA) is 38.5 Å². The Labute approximate surface area is 106 Å². The van der Waals surface area contributed by atoms with E-state index in [1.807, 2.05) is 24.9 Å². The van der Waals surface area contributed by atoms with Crippen molar-refractivity contribution in [1.82, 2.24) is 19.3 Å². The van der Waals surface area contributed by atoms with Gasteiger partial charge in [0.05, 0.1) is 12.2 Å². The van der Waals surface area contributed by atoms with Crippen LogP contribution in [0.15, 0.2) is 6.20 Å². The third-order valence-electron chi connectivity index (χ3n) is 3.29. The summed E-state index contributed by atoms with van der Waals surface area (Å²) in [7, 11) is 1.98. The molecule has 2 aromatic rings. The van der Waals surface area contributed by atoms with E-state index in [0.29, 0.717) is 0 Å². The number of hydrogen-bond donors (Lipinski definition) is 1. The molecular formula is C12H18N4S. The highest BCUT2D eigenvalue weighted by Gasteiger charge is 2.11. The van der Waals surface area contributed by atoms with Gasteiger partial charge in [-0.2, -0.15) is 5.10 Å². The van der Waals surface area contributed by atoms with E-state index >= 15 is 0 Å². The van der Waals surface area contributed by atoms with E-state index in [9.17, 15) is 0 Å². The van der Waals surface area contributed by atoms with E-state index in [-0.39, 0.29) is 0 Å². The maximum Gasteiger partial charge on any atom is 0.177 e. The fraction of sp³-hybridized carbons (Fsp3) is 0.500. The fourth-order valence-electron chi connectivity index (χ4n) is 2.10. The Kier molecular flexibility index (Phi) is 3.19. The molecule has 2 heterocycles. The molecule has 0 atom stereocenters. The number of imidazole rings is 1. The van der Waals surface area contributed by atoms with Crippen LogP contribution < -0.4 is 0 Å². The summed E-state index contributed by atoms with van der Waals surface area (Å²) in [6.45, 7) is 7.08. The van der Waals surface area contributed by atoms with Crippen molar-refractivity contribution in [2.24, 2.45) is 7.05 Å². The Morgan fingerprint density at radius 1 is 1.41 bits per heavy atom. The Balaban J connectivity index is 2.44. The van der Waals surface area contributed by atoms with Crippen LogP contribution in [0.3, 0.4) is 0 Å². The number of aryl methyl sites for hydroxylation is 3. The molecular weight excluding hydrogens is 232 g/mol. The molecule has 5 heteroatoms. The second kappa shape index (κ2) is 4.49. The largest absolute Gasteiger partial charge is 0.337 e. The standard InChI is InChI=1S/C12H18N4S/c1-5-10-6-13-12(17)16(10)7-11-8(2)14-15(4)9(11)3/h6H,5,7H2,1-4H3,(H,13,17). The number of H-pyrrole nitrogens is 1. The molecule has 0 aliphatic heterocycles. The quantitative estimate of drug-likeness (QED) is 0.850. The molecule has 17 heavy (non-hydrogen) atoms. The monoisotopic (exact) mass is 250 g/mol. The maximum atomic E-state index is 5.31. The zero-order valence-corrected chi connectivity index (χ0v) is 11.6. The van der Waals surface area contributed by atoms with Crippen LogP contribution in [-0.4, -0.2) is 19.3 Å². The molecule has 0 aromatic carbocycles. The van der Waals surface area contributed by atoms with Crippen LogP contribution in [0.1, 0.15) is 29.6 Å². The van der Waals surface area contributed by atoms with Crippen molar-refractivity contribution in [3.63, 3.8) is 0 Å². The van der Waals surface area contributed by atoms with Gasteiger partial charge in [-0.25, -0.2) is 0 Å². The maximum absolute atomic E-state index is 5.31. The van der Waals surface area contributed by atoms with E-state index in [2.05, 4.69) is 28.5 Å². The van der Waals surface area contributed by atoms with Gasteiger partial charge in [0.15, 0.2) is 4.77 Å². The normalized spacial score (nSPS) is 11.1. The first-order valence-electron chi connectivity index (χ1n) is 5.80. The van der Waals surface area contributed by atoms with Crippen LogP contribution in [-0.2, 0) is 20.0 Å². The van der Waals surface area contributed by atoms with E-state index in [4.69, 9.17) is 12.2 Å². The number of hydrogen-bond acceptors (Lipinski definition) is 2. The van der Waals surface area contributed by atoms with Crippen LogP contribution in [0, 0.1) is 18.6 Å². The molecule has 0 saturated carbocycles. The molecule has 0 spiro atoms. The highest BCUT2D eigenvalue weighted by atomic mass is 32.1. The Morgan fingerprint density at radius 2 is 2.12 bits per heavy atom. The summed E-state index contributed by atoms with van der Waals surface area (Å²) in [5.41, 5.74) is 4.78. The smallest absolute Gasteiger partial charge is 0.177 e. The van der Waals surface area contributed by atoms with E-state index in [1.165, 1.54) is 17.0 Å². The van der Waals surface area contributed by atoms with Crippen molar-refractivity contribution in [3.05, 3.63) is 33.6 Å². The summed E-state index contributed by atoms with van der Waals surface area (Å²) in [5, 5.41) is 4.44. The summed E-state index contributed by atoms with van der Waals surface area (Å²) in [4.78, 5) is 3.10. The second-order valence-corrected chi connectivity index (χ2v) is 4.68. The molecule has 0 bridgehead atoms. The summed E-state index contributed by atoms with van der Waals surface area (Å²) < 4.78 is 4.85. The van der Waals surface area contributed by atoms with Gasteiger partial charge in [-0.05, 0) is 32.5 Å². The zero-order chi connectivity index (χ0) is 12.6. The molecule has 0 unspecified atom stereocenters. The third kappa shape index (κ3) is 2.07. The van der Waals surface area contributed by atoms with Crippen LogP contribution in [0.5, 0.6) is 0 Å². The Hall–Kier alpha value is -1.36. The van der Waals surface area contributed by atoms with Gasteiger partial charge in [-0.3, -0.25) is 4.68 Å². The van der Waals surface area contributed by atoms with Crippen molar-refractivity contribution in [2.75, 3.05) is 0 Å². The van der Waals surface area contributed by atoms with E-state index in [0.717, 1.165) is 23.4 Å². The molecule has 0 radical (unpaired) electrons. The van der Waals surface area contributed by atoms with Crippen molar-refractivity contribution < 1.29 is 0 Å². The summed E-state index contributed by atoms with van der Waals surface area (Å²) >= 11 is 5.31. The number of rotatable bonds is 3. The average Bonchev–Trinajstić information content (AvgIpc) is 2.75. The van der Waals surface area contributed by atoms with Crippen LogP contribution in [0.4, 0.5) is 0 Å². The number of aromatic amines is 1.